The van der Waals surface area contributed by atoms with E-state index in [0.29, 0.717) is 17.1 Å². The third-order valence-corrected chi connectivity index (χ3v) is 2.82. The van der Waals surface area contributed by atoms with Gasteiger partial charge in [-0.25, -0.2) is 0 Å². The Bertz CT molecular complexity index is 716. The molecular weight excluding hydrogens is 309 g/mol. The van der Waals surface area contributed by atoms with Crippen LogP contribution < -0.4 is 5.32 Å². The van der Waals surface area contributed by atoms with E-state index in [1.807, 2.05) is 0 Å². The fraction of sp³-hybridized carbons (Fsp3) is 0.133. The maximum absolute atomic E-state index is 12.6. The maximum Gasteiger partial charge on any atom is 0.416 e. The highest BCUT2D eigenvalue weighted by molar-refractivity contribution is 6.11. The van der Waals surface area contributed by atoms with Gasteiger partial charge in [-0.3, -0.25) is 4.99 Å². The predicted octanol–water partition coefficient (Wildman–Crippen LogP) is 3.69. The molecule has 1 aromatic heterocycles. The van der Waals surface area contributed by atoms with Crippen LogP contribution >= 0.6 is 0 Å². The van der Waals surface area contributed by atoms with Crippen LogP contribution in [0.1, 0.15) is 11.5 Å². The summed E-state index contributed by atoms with van der Waals surface area (Å²) in [6.07, 6.45) is -0.111. The van der Waals surface area contributed by atoms with Crippen LogP contribution in [0.25, 0.3) is 0 Å². The molecule has 1 heterocycles. The summed E-state index contributed by atoms with van der Waals surface area (Å²) in [7, 11) is 1.53. The molecule has 0 bridgehead atoms. The molecule has 0 spiro atoms. The molecule has 0 radical (unpaired) electrons. The Hall–Kier alpha value is -2.90. The minimum absolute atomic E-state index is 0.181. The standard InChI is InChI=1S/C15H13F3N4O/c1-3-4-12(13(19-2)14-22-20-9-23-14)21-11-7-5-10(6-8-11)15(16,17)18/h3-9,21H,1H2,2H3/b12-4+,19-13?. The zero-order chi connectivity index (χ0) is 16.9. The molecule has 0 atom stereocenters. The van der Waals surface area contributed by atoms with Crippen molar-refractivity contribution >= 4 is 11.4 Å². The van der Waals surface area contributed by atoms with Crippen molar-refractivity contribution in [3.05, 3.63) is 66.5 Å². The van der Waals surface area contributed by atoms with Crippen molar-refractivity contribution in [1.82, 2.24) is 10.2 Å². The summed E-state index contributed by atoms with van der Waals surface area (Å²) in [6.45, 7) is 3.60. The maximum atomic E-state index is 12.6. The number of aromatic nitrogens is 2. The molecule has 8 heteroatoms. The number of nitrogens with zero attached hydrogens (tertiary/aromatic N) is 3. The smallest absolute Gasteiger partial charge is 0.416 e. The Kier molecular flexibility index (Phi) is 4.95. The predicted molar refractivity (Wildman–Crippen MR) is 80.1 cm³/mol. The highest BCUT2D eigenvalue weighted by Gasteiger charge is 2.30. The summed E-state index contributed by atoms with van der Waals surface area (Å²) in [5.74, 6) is 0.181. The lowest BCUT2D eigenvalue weighted by molar-refractivity contribution is -0.137. The van der Waals surface area contributed by atoms with Crippen LogP contribution in [0.15, 0.2) is 64.5 Å². The molecule has 0 unspecified atom stereocenters. The molecule has 0 aliphatic rings. The van der Waals surface area contributed by atoms with Crippen molar-refractivity contribution in [2.24, 2.45) is 4.99 Å². The summed E-state index contributed by atoms with van der Waals surface area (Å²) in [4.78, 5) is 4.06. The molecule has 0 amide bonds. The normalized spacial score (nSPS) is 13.0. The lowest BCUT2D eigenvalue weighted by Crippen LogP contribution is -2.14. The minimum Gasteiger partial charge on any atom is -0.422 e. The minimum atomic E-state index is -4.38. The van der Waals surface area contributed by atoms with Gasteiger partial charge in [-0.1, -0.05) is 12.7 Å². The van der Waals surface area contributed by atoms with Gasteiger partial charge in [0.2, 0.25) is 6.39 Å². The molecule has 0 saturated carbocycles. The van der Waals surface area contributed by atoms with Gasteiger partial charge in [-0.15, -0.1) is 10.2 Å². The highest BCUT2D eigenvalue weighted by Crippen LogP contribution is 2.30. The molecule has 0 aliphatic heterocycles. The van der Waals surface area contributed by atoms with Gasteiger partial charge in [0.1, 0.15) is 5.71 Å². The Morgan fingerprint density at radius 1 is 1.30 bits per heavy atom. The van der Waals surface area contributed by atoms with E-state index in [1.54, 1.807) is 6.08 Å². The summed E-state index contributed by atoms with van der Waals surface area (Å²) in [5, 5.41) is 10.3. The number of hydrogen-bond acceptors (Lipinski definition) is 5. The van der Waals surface area contributed by atoms with Gasteiger partial charge in [-0.05, 0) is 30.3 Å². The molecule has 1 aromatic carbocycles. The van der Waals surface area contributed by atoms with Crippen LogP contribution in [0.2, 0.25) is 0 Å². The van der Waals surface area contributed by atoms with Gasteiger partial charge < -0.3 is 9.73 Å². The van der Waals surface area contributed by atoms with Crippen LogP contribution in [0.4, 0.5) is 18.9 Å². The fourth-order valence-electron chi connectivity index (χ4n) is 1.80. The third-order valence-electron chi connectivity index (χ3n) is 2.82. The van der Waals surface area contributed by atoms with Gasteiger partial charge in [0, 0.05) is 12.7 Å². The number of hydrogen-bond donors (Lipinski definition) is 1. The van der Waals surface area contributed by atoms with Gasteiger partial charge in [-0.2, -0.15) is 13.2 Å². The van der Waals surface area contributed by atoms with Crippen LogP contribution in [0.3, 0.4) is 0 Å². The second-order valence-electron chi connectivity index (χ2n) is 4.33. The fourth-order valence-corrected chi connectivity index (χ4v) is 1.80. The molecule has 0 saturated heterocycles. The van der Waals surface area contributed by atoms with E-state index in [1.165, 1.54) is 25.3 Å². The largest absolute Gasteiger partial charge is 0.422 e. The third kappa shape index (κ3) is 4.06. The number of benzene rings is 1. The highest BCUT2D eigenvalue weighted by atomic mass is 19.4. The van der Waals surface area contributed by atoms with E-state index in [2.05, 4.69) is 27.1 Å². The number of anilines is 1. The summed E-state index contributed by atoms with van der Waals surface area (Å²) >= 11 is 0. The van der Waals surface area contributed by atoms with Crippen molar-refractivity contribution in [1.29, 1.82) is 0 Å². The second-order valence-corrected chi connectivity index (χ2v) is 4.33. The number of halogens is 3. The molecule has 0 fully saturated rings. The topological polar surface area (TPSA) is 63.3 Å². The Labute approximate surface area is 130 Å². The van der Waals surface area contributed by atoms with Crippen LogP contribution in [0, 0.1) is 0 Å². The molecule has 0 aliphatic carbocycles. The Morgan fingerprint density at radius 3 is 2.48 bits per heavy atom. The second kappa shape index (κ2) is 6.91. The summed E-state index contributed by atoms with van der Waals surface area (Å²) in [6, 6.07) is 4.62. The van der Waals surface area contributed by atoms with Crippen molar-refractivity contribution in [2.75, 3.05) is 12.4 Å². The van der Waals surface area contributed by atoms with E-state index in [9.17, 15) is 13.2 Å². The quantitative estimate of drug-likeness (QED) is 0.673. The monoisotopic (exact) mass is 322 g/mol. The number of aliphatic imine (C=N–C) groups is 1. The lowest BCUT2D eigenvalue weighted by atomic mass is 10.1. The summed E-state index contributed by atoms with van der Waals surface area (Å²) in [5.41, 5.74) is 0.555. The number of alkyl halides is 3. The van der Waals surface area contributed by atoms with Gasteiger partial charge in [0.25, 0.3) is 5.89 Å². The van der Waals surface area contributed by atoms with E-state index in [0.717, 1.165) is 18.5 Å². The molecule has 2 aromatic rings. The first kappa shape index (κ1) is 16.5. The van der Waals surface area contributed by atoms with E-state index in [4.69, 9.17) is 4.42 Å². The molecule has 5 nitrogen and oxygen atoms in total. The van der Waals surface area contributed by atoms with Crippen molar-refractivity contribution in [3.63, 3.8) is 0 Å². The Morgan fingerprint density at radius 2 is 2.00 bits per heavy atom. The zero-order valence-corrected chi connectivity index (χ0v) is 12.1. The van der Waals surface area contributed by atoms with Crippen molar-refractivity contribution in [3.8, 4) is 0 Å². The summed E-state index contributed by atoms with van der Waals surface area (Å²) < 4.78 is 42.8. The zero-order valence-electron chi connectivity index (χ0n) is 12.1. The van der Waals surface area contributed by atoms with Gasteiger partial charge in [0.15, 0.2) is 0 Å². The van der Waals surface area contributed by atoms with Gasteiger partial charge in [0.05, 0.1) is 11.3 Å². The van der Waals surface area contributed by atoms with Crippen LogP contribution in [-0.4, -0.2) is 23.0 Å². The van der Waals surface area contributed by atoms with E-state index in [-0.39, 0.29) is 5.89 Å². The average molecular weight is 322 g/mol. The van der Waals surface area contributed by atoms with E-state index < -0.39 is 11.7 Å². The van der Waals surface area contributed by atoms with Crippen LogP contribution in [-0.2, 0) is 6.18 Å². The number of allylic oxidation sites excluding steroid dienone is 3. The molecule has 23 heavy (non-hydrogen) atoms. The number of rotatable bonds is 5. The molecule has 2 rings (SSSR count). The van der Waals surface area contributed by atoms with E-state index >= 15 is 0 Å². The molecule has 1 N–H and O–H groups in total. The number of nitrogens with one attached hydrogen (secondary N) is 1. The SMILES string of the molecule is C=C/C=C(/Nc1ccc(C(F)(F)F)cc1)C(=NC)c1nnco1. The molecule has 120 valence electrons. The van der Waals surface area contributed by atoms with Gasteiger partial charge >= 0.3 is 6.18 Å². The lowest BCUT2D eigenvalue weighted by Gasteiger charge is -2.12. The van der Waals surface area contributed by atoms with Crippen molar-refractivity contribution in [2.45, 2.75) is 6.18 Å². The average Bonchev–Trinajstić information content (AvgIpc) is 3.02. The van der Waals surface area contributed by atoms with Crippen LogP contribution in [0.5, 0.6) is 0 Å². The molecular formula is C15H13F3N4O. The first-order valence-corrected chi connectivity index (χ1v) is 6.46. The first-order chi connectivity index (χ1) is 11.0. The van der Waals surface area contributed by atoms with Crippen molar-refractivity contribution < 1.29 is 17.6 Å². The Balaban J connectivity index is 2.27. The first-order valence-electron chi connectivity index (χ1n) is 6.46.